The van der Waals surface area contributed by atoms with Crippen molar-refractivity contribution >= 4 is 23.6 Å². The molecule has 0 aliphatic carbocycles. The molecule has 3 heterocycles. The second-order valence-corrected chi connectivity index (χ2v) is 8.36. The second kappa shape index (κ2) is 9.26. The number of hydrogen-bond acceptors (Lipinski definition) is 6. The summed E-state index contributed by atoms with van der Waals surface area (Å²) in [5, 5.41) is 2.26. The van der Waals surface area contributed by atoms with Gasteiger partial charge in [-0.2, -0.15) is 0 Å². The van der Waals surface area contributed by atoms with Crippen LogP contribution < -0.4 is 10.1 Å². The van der Waals surface area contributed by atoms with Gasteiger partial charge >= 0.3 is 0 Å². The van der Waals surface area contributed by atoms with E-state index in [2.05, 4.69) is 5.32 Å². The summed E-state index contributed by atoms with van der Waals surface area (Å²) in [5.74, 6) is -1.31. The van der Waals surface area contributed by atoms with Gasteiger partial charge in [-0.15, -0.1) is 0 Å². The largest absolute Gasteiger partial charge is 0.489 e. The van der Waals surface area contributed by atoms with Gasteiger partial charge in [-0.1, -0.05) is 30.3 Å². The standard InChI is InChI=1S/C25H25N3O6/c29-22-9-8-20(24(31)26-22)28-13-19-18(25(28)32)2-1-3-21(19)34-14-17-6-4-16(5-7-17)12-27-10-11-33-15-23(27)30/h1-7,20H,8-15H2,(H,26,29,31)/i6D,14D2. The minimum Gasteiger partial charge on any atom is -0.489 e. The summed E-state index contributed by atoms with van der Waals surface area (Å²) in [4.78, 5) is 51.9. The Morgan fingerprint density at radius 1 is 1.15 bits per heavy atom. The summed E-state index contributed by atoms with van der Waals surface area (Å²) < 4.78 is 36.4. The molecular formula is C25H25N3O6. The minimum absolute atomic E-state index is 0.00601. The van der Waals surface area contributed by atoms with Crippen LogP contribution in [0, 0.1) is 0 Å². The molecule has 4 amide bonds. The van der Waals surface area contributed by atoms with E-state index in [0.717, 1.165) is 0 Å². The number of nitrogens with one attached hydrogen (secondary N) is 1. The van der Waals surface area contributed by atoms with E-state index in [4.69, 9.17) is 13.6 Å². The van der Waals surface area contributed by atoms with Crippen LogP contribution in [0.25, 0.3) is 0 Å². The number of amides is 4. The van der Waals surface area contributed by atoms with Crippen LogP contribution in [-0.2, 0) is 38.8 Å². The molecule has 9 nitrogen and oxygen atoms in total. The summed E-state index contributed by atoms with van der Waals surface area (Å²) in [6.45, 7) is -1.16. The molecule has 2 fully saturated rings. The molecule has 1 N–H and O–H groups in total. The lowest BCUT2D eigenvalue weighted by atomic mass is 10.0. The Balaban J connectivity index is 1.34. The van der Waals surface area contributed by atoms with Gasteiger partial charge in [0.15, 0.2) is 0 Å². The summed E-state index contributed by atoms with van der Waals surface area (Å²) in [6, 6.07) is 8.44. The number of piperidine rings is 1. The van der Waals surface area contributed by atoms with Gasteiger partial charge in [-0.05, 0) is 29.7 Å². The fraction of sp³-hybridized carbons (Fsp3) is 0.360. The van der Waals surface area contributed by atoms with Crippen LogP contribution in [0.15, 0.2) is 42.4 Å². The number of benzene rings is 2. The van der Waals surface area contributed by atoms with E-state index < -0.39 is 24.4 Å². The van der Waals surface area contributed by atoms with E-state index in [0.29, 0.717) is 36.4 Å². The summed E-state index contributed by atoms with van der Waals surface area (Å²) in [5.41, 5.74) is 1.42. The molecule has 1 atom stereocenters. The van der Waals surface area contributed by atoms with Gasteiger partial charge in [-0.25, -0.2) is 0 Å². The fourth-order valence-electron chi connectivity index (χ4n) is 4.32. The van der Waals surface area contributed by atoms with Crippen molar-refractivity contribution in [3.63, 3.8) is 0 Å². The Hall–Kier alpha value is -3.72. The summed E-state index contributed by atoms with van der Waals surface area (Å²) >= 11 is 0. The van der Waals surface area contributed by atoms with E-state index in [1.807, 2.05) is 0 Å². The van der Waals surface area contributed by atoms with Crippen molar-refractivity contribution in [2.75, 3.05) is 19.8 Å². The second-order valence-electron chi connectivity index (χ2n) is 8.36. The zero-order chi connectivity index (χ0) is 26.3. The van der Waals surface area contributed by atoms with Crippen molar-refractivity contribution in [2.24, 2.45) is 0 Å². The topological polar surface area (TPSA) is 105 Å². The van der Waals surface area contributed by atoms with Gasteiger partial charge < -0.3 is 19.3 Å². The number of morpholine rings is 1. The number of carbonyl (C=O) groups is 4. The van der Waals surface area contributed by atoms with Gasteiger partial charge in [-0.3, -0.25) is 24.5 Å². The van der Waals surface area contributed by atoms with Crippen LogP contribution in [0.2, 0.25) is 0 Å². The van der Waals surface area contributed by atoms with Crippen molar-refractivity contribution in [3.8, 4) is 5.75 Å². The first kappa shape index (κ1) is 18.7. The van der Waals surface area contributed by atoms with E-state index >= 15 is 0 Å². The molecule has 9 heteroatoms. The highest BCUT2D eigenvalue weighted by atomic mass is 16.5. The molecule has 176 valence electrons. The smallest absolute Gasteiger partial charge is 0.255 e. The third kappa shape index (κ3) is 4.38. The predicted octanol–water partition coefficient (Wildman–Crippen LogP) is 1.39. The van der Waals surface area contributed by atoms with E-state index in [-0.39, 0.29) is 55.2 Å². The maximum Gasteiger partial charge on any atom is 0.255 e. The lowest BCUT2D eigenvalue weighted by Crippen LogP contribution is -2.52. The van der Waals surface area contributed by atoms with Crippen LogP contribution in [0.5, 0.6) is 5.75 Å². The predicted molar refractivity (Wildman–Crippen MR) is 119 cm³/mol. The lowest BCUT2D eigenvalue weighted by Gasteiger charge is -2.29. The van der Waals surface area contributed by atoms with Crippen LogP contribution in [0.4, 0.5) is 0 Å². The lowest BCUT2D eigenvalue weighted by molar-refractivity contribution is -0.143. The molecule has 3 aliphatic rings. The normalized spacial score (nSPS) is 22.1. The SMILES string of the molecule is [2H]c1cc(CN2CCOCC2=O)ccc1C([2H])([2H])Oc1cccc2c1CN(C1CCC(=O)NC1=O)C2=O. The quantitative estimate of drug-likeness (QED) is 0.645. The molecule has 2 aromatic carbocycles. The summed E-state index contributed by atoms with van der Waals surface area (Å²) in [7, 11) is 0. The molecule has 5 rings (SSSR count). The van der Waals surface area contributed by atoms with Crippen LogP contribution in [0.3, 0.4) is 0 Å². The van der Waals surface area contributed by atoms with Crippen molar-refractivity contribution in [1.82, 2.24) is 15.1 Å². The molecule has 0 spiro atoms. The Kier molecular flexibility index (Phi) is 5.09. The molecule has 0 aromatic heterocycles. The molecule has 3 aliphatic heterocycles. The molecule has 2 saturated heterocycles. The molecule has 0 radical (unpaired) electrons. The fourth-order valence-corrected chi connectivity index (χ4v) is 4.32. The Labute approximate surface area is 200 Å². The van der Waals surface area contributed by atoms with Crippen LogP contribution >= 0.6 is 0 Å². The van der Waals surface area contributed by atoms with Gasteiger partial charge in [0.05, 0.1) is 17.3 Å². The van der Waals surface area contributed by atoms with Crippen molar-refractivity contribution in [3.05, 3.63) is 64.7 Å². The van der Waals surface area contributed by atoms with Crippen molar-refractivity contribution < 1.29 is 32.8 Å². The third-order valence-electron chi connectivity index (χ3n) is 6.14. The number of fused-ring (bicyclic) bond motifs is 1. The monoisotopic (exact) mass is 466 g/mol. The third-order valence-corrected chi connectivity index (χ3v) is 6.14. The zero-order valence-electron chi connectivity index (χ0n) is 21.3. The van der Waals surface area contributed by atoms with Gasteiger partial charge in [0.25, 0.3) is 5.91 Å². The maximum atomic E-state index is 13.0. The molecule has 34 heavy (non-hydrogen) atoms. The zero-order valence-corrected chi connectivity index (χ0v) is 18.3. The average molecular weight is 467 g/mol. The summed E-state index contributed by atoms with van der Waals surface area (Å²) in [6.07, 6.45) is 0.344. The number of rotatable bonds is 6. The van der Waals surface area contributed by atoms with Crippen LogP contribution in [-0.4, -0.2) is 59.2 Å². The molecule has 1 unspecified atom stereocenters. The first-order valence-corrected chi connectivity index (χ1v) is 11.0. The highest BCUT2D eigenvalue weighted by molar-refractivity contribution is 6.05. The van der Waals surface area contributed by atoms with Crippen molar-refractivity contribution in [1.29, 1.82) is 0 Å². The molecule has 0 saturated carbocycles. The Morgan fingerprint density at radius 3 is 2.79 bits per heavy atom. The van der Waals surface area contributed by atoms with E-state index in [9.17, 15) is 19.2 Å². The van der Waals surface area contributed by atoms with Gasteiger partial charge in [0, 0.05) is 30.6 Å². The molecule has 0 bridgehead atoms. The van der Waals surface area contributed by atoms with Crippen LogP contribution in [0.1, 0.15) is 44.0 Å². The Morgan fingerprint density at radius 2 is 2.00 bits per heavy atom. The van der Waals surface area contributed by atoms with Gasteiger partial charge in [0.2, 0.25) is 17.7 Å². The number of carbonyl (C=O) groups excluding carboxylic acids is 4. The number of ether oxygens (including phenoxy) is 2. The highest BCUT2D eigenvalue weighted by Crippen LogP contribution is 2.34. The number of imide groups is 1. The first-order valence-electron chi connectivity index (χ1n) is 12.5. The molecule has 2 aromatic rings. The van der Waals surface area contributed by atoms with Gasteiger partial charge in [0.1, 0.15) is 25.0 Å². The van der Waals surface area contributed by atoms with Crippen molar-refractivity contribution in [2.45, 2.75) is 38.5 Å². The Bertz CT molecular complexity index is 1300. The highest BCUT2D eigenvalue weighted by Gasteiger charge is 2.40. The maximum absolute atomic E-state index is 13.0. The molecular weight excluding hydrogens is 438 g/mol. The average Bonchev–Trinajstić information content (AvgIpc) is 3.17. The van der Waals surface area contributed by atoms with E-state index in [1.54, 1.807) is 29.2 Å². The first-order chi connectivity index (χ1) is 17.6. The minimum atomic E-state index is -2.40. The number of hydrogen-bond donors (Lipinski definition) is 1. The number of nitrogens with zero attached hydrogens (tertiary/aromatic N) is 2. The van der Waals surface area contributed by atoms with E-state index in [1.165, 1.54) is 17.0 Å².